The minimum Gasteiger partial charge on any atom is -0.369 e. The predicted octanol–water partition coefficient (Wildman–Crippen LogP) is 3.16. The van der Waals surface area contributed by atoms with Crippen LogP contribution in [0.15, 0.2) is 36.9 Å². The molecule has 2 N–H and O–H groups in total. The molecule has 1 unspecified atom stereocenters. The van der Waals surface area contributed by atoms with Crippen molar-refractivity contribution in [1.29, 1.82) is 0 Å². The summed E-state index contributed by atoms with van der Waals surface area (Å²) in [7, 11) is 0. The molecular weight excluding hydrogens is 255 g/mol. The van der Waals surface area contributed by atoms with E-state index in [2.05, 4.69) is 11.5 Å². The maximum Gasteiger partial charge on any atom is 0.0478 e. The molecule has 0 bridgehead atoms. The fourth-order valence-electron chi connectivity index (χ4n) is 1.62. The van der Waals surface area contributed by atoms with Gasteiger partial charge in [0.15, 0.2) is 0 Å². The Bertz CT molecular complexity index is 332. The summed E-state index contributed by atoms with van der Waals surface area (Å²) in [6.07, 6.45) is 1.73. The molecule has 0 aromatic heterocycles. The second-order valence-electron chi connectivity index (χ2n) is 3.72. The van der Waals surface area contributed by atoms with Crippen molar-refractivity contribution >= 4 is 28.9 Å². The average Bonchev–Trinajstić information content (AvgIpc) is 2.38. The van der Waals surface area contributed by atoms with Gasteiger partial charge in [-0.1, -0.05) is 18.2 Å². The lowest BCUT2D eigenvalue weighted by atomic mass is 10.1. The standard InChI is InChI=1S/C13H18Cl2N2/c1-2-13(16)11-3-5-12(6-4-11)17(9-7-14)10-8-15/h2-6,13H,1,7-10,16H2. The quantitative estimate of drug-likeness (QED) is 0.610. The Morgan fingerprint density at radius 1 is 1.18 bits per heavy atom. The van der Waals surface area contributed by atoms with E-state index in [0.29, 0.717) is 11.8 Å². The number of hydrogen-bond donors (Lipinski definition) is 1. The minimum absolute atomic E-state index is 0.112. The number of halogens is 2. The minimum atomic E-state index is -0.112. The maximum absolute atomic E-state index is 5.86. The van der Waals surface area contributed by atoms with E-state index in [0.717, 1.165) is 24.3 Å². The zero-order chi connectivity index (χ0) is 12.7. The van der Waals surface area contributed by atoms with Crippen molar-refractivity contribution < 1.29 is 0 Å². The summed E-state index contributed by atoms with van der Waals surface area (Å²) in [4.78, 5) is 2.16. The normalized spacial score (nSPS) is 12.2. The molecule has 0 saturated heterocycles. The monoisotopic (exact) mass is 272 g/mol. The first-order valence-electron chi connectivity index (χ1n) is 5.58. The fourth-order valence-corrected chi connectivity index (χ4v) is 2.03. The summed E-state index contributed by atoms with van der Waals surface area (Å²) < 4.78 is 0. The third-order valence-corrected chi connectivity index (χ3v) is 2.94. The Kier molecular flexibility index (Phi) is 6.41. The molecule has 17 heavy (non-hydrogen) atoms. The Labute approximate surface area is 113 Å². The largest absolute Gasteiger partial charge is 0.369 e. The van der Waals surface area contributed by atoms with E-state index in [1.807, 2.05) is 24.3 Å². The molecule has 0 heterocycles. The first-order chi connectivity index (χ1) is 8.22. The van der Waals surface area contributed by atoms with Crippen molar-refractivity contribution in [2.75, 3.05) is 29.7 Å². The number of benzene rings is 1. The third kappa shape index (κ3) is 4.23. The van der Waals surface area contributed by atoms with Crippen molar-refractivity contribution in [1.82, 2.24) is 0 Å². The highest BCUT2D eigenvalue weighted by atomic mass is 35.5. The summed E-state index contributed by atoms with van der Waals surface area (Å²) >= 11 is 11.5. The van der Waals surface area contributed by atoms with Crippen molar-refractivity contribution in [2.45, 2.75) is 6.04 Å². The average molecular weight is 273 g/mol. The highest BCUT2D eigenvalue weighted by Gasteiger charge is 2.06. The molecule has 0 aliphatic rings. The third-order valence-electron chi connectivity index (χ3n) is 2.61. The van der Waals surface area contributed by atoms with E-state index in [1.54, 1.807) is 6.08 Å². The smallest absolute Gasteiger partial charge is 0.0478 e. The number of alkyl halides is 2. The van der Waals surface area contributed by atoms with Crippen molar-refractivity contribution in [3.63, 3.8) is 0 Å². The molecule has 1 aromatic carbocycles. The molecule has 0 radical (unpaired) electrons. The van der Waals surface area contributed by atoms with Gasteiger partial charge >= 0.3 is 0 Å². The molecule has 1 aromatic rings. The van der Waals surface area contributed by atoms with E-state index in [1.165, 1.54) is 0 Å². The summed E-state index contributed by atoms with van der Waals surface area (Å²) in [6, 6.07) is 7.99. The SMILES string of the molecule is C=CC(N)c1ccc(N(CCCl)CCCl)cc1. The molecule has 0 aliphatic heterocycles. The van der Waals surface area contributed by atoms with Crippen molar-refractivity contribution in [2.24, 2.45) is 5.73 Å². The molecule has 0 amide bonds. The molecule has 4 heteroatoms. The first-order valence-corrected chi connectivity index (χ1v) is 6.64. The van der Waals surface area contributed by atoms with Gasteiger partial charge in [-0.15, -0.1) is 29.8 Å². The van der Waals surface area contributed by atoms with Crippen LogP contribution in [0.25, 0.3) is 0 Å². The molecule has 94 valence electrons. The van der Waals surface area contributed by atoms with Crippen LogP contribution in [0, 0.1) is 0 Å². The number of hydrogen-bond acceptors (Lipinski definition) is 2. The number of anilines is 1. The van der Waals surface area contributed by atoms with Crippen LogP contribution in [-0.4, -0.2) is 24.8 Å². The number of nitrogens with two attached hydrogens (primary N) is 1. The maximum atomic E-state index is 5.86. The Morgan fingerprint density at radius 2 is 1.71 bits per heavy atom. The second-order valence-corrected chi connectivity index (χ2v) is 4.47. The highest BCUT2D eigenvalue weighted by molar-refractivity contribution is 6.18. The van der Waals surface area contributed by atoms with Gasteiger partial charge in [0.2, 0.25) is 0 Å². The molecule has 0 aliphatic carbocycles. The van der Waals surface area contributed by atoms with Gasteiger partial charge in [-0.25, -0.2) is 0 Å². The van der Waals surface area contributed by atoms with Gasteiger partial charge in [-0.05, 0) is 17.7 Å². The molecule has 0 saturated carbocycles. The topological polar surface area (TPSA) is 29.3 Å². The zero-order valence-electron chi connectivity index (χ0n) is 9.78. The lowest BCUT2D eigenvalue weighted by molar-refractivity contribution is 0.869. The van der Waals surface area contributed by atoms with Crippen LogP contribution < -0.4 is 10.6 Å². The van der Waals surface area contributed by atoms with E-state index in [4.69, 9.17) is 28.9 Å². The van der Waals surface area contributed by atoms with Crippen LogP contribution in [0.2, 0.25) is 0 Å². The van der Waals surface area contributed by atoms with Crippen molar-refractivity contribution in [3.8, 4) is 0 Å². The van der Waals surface area contributed by atoms with Gasteiger partial charge in [0.1, 0.15) is 0 Å². The van der Waals surface area contributed by atoms with Gasteiger partial charge in [0.05, 0.1) is 0 Å². The molecular formula is C13H18Cl2N2. The van der Waals surface area contributed by atoms with Crippen LogP contribution in [-0.2, 0) is 0 Å². The van der Waals surface area contributed by atoms with Crippen LogP contribution in [0.1, 0.15) is 11.6 Å². The molecule has 0 spiro atoms. The Hall–Kier alpha value is -0.700. The van der Waals surface area contributed by atoms with E-state index < -0.39 is 0 Å². The van der Waals surface area contributed by atoms with E-state index in [9.17, 15) is 0 Å². The van der Waals surface area contributed by atoms with Crippen LogP contribution in [0.3, 0.4) is 0 Å². The van der Waals surface area contributed by atoms with E-state index >= 15 is 0 Å². The lowest BCUT2D eigenvalue weighted by Gasteiger charge is -2.23. The predicted molar refractivity (Wildman–Crippen MR) is 77.2 cm³/mol. The van der Waals surface area contributed by atoms with Gasteiger partial charge in [0, 0.05) is 36.6 Å². The van der Waals surface area contributed by atoms with Gasteiger partial charge in [-0.2, -0.15) is 0 Å². The summed E-state index contributed by atoms with van der Waals surface area (Å²) in [6.45, 7) is 5.27. The first kappa shape index (κ1) is 14.4. The summed E-state index contributed by atoms with van der Waals surface area (Å²) in [5.41, 5.74) is 8.04. The number of rotatable bonds is 7. The Balaban J connectivity index is 2.79. The summed E-state index contributed by atoms with van der Waals surface area (Å²) in [5.74, 6) is 1.18. The van der Waals surface area contributed by atoms with Crippen LogP contribution in [0.4, 0.5) is 5.69 Å². The van der Waals surface area contributed by atoms with Gasteiger partial charge < -0.3 is 10.6 Å². The summed E-state index contributed by atoms with van der Waals surface area (Å²) in [5, 5.41) is 0. The molecule has 2 nitrogen and oxygen atoms in total. The number of nitrogens with zero attached hydrogens (tertiary/aromatic N) is 1. The van der Waals surface area contributed by atoms with Crippen LogP contribution >= 0.6 is 23.2 Å². The van der Waals surface area contributed by atoms with Crippen LogP contribution in [0.5, 0.6) is 0 Å². The van der Waals surface area contributed by atoms with Gasteiger partial charge in [-0.3, -0.25) is 0 Å². The van der Waals surface area contributed by atoms with E-state index in [-0.39, 0.29) is 6.04 Å². The fraction of sp³-hybridized carbons (Fsp3) is 0.385. The second kappa shape index (κ2) is 7.59. The van der Waals surface area contributed by atoms with Crippen molar-refractivity contribution in [3.05, 3.63) is 42.5 Å². The highest BCUT2D eigenvalue weighted by Crippen LogP contribution is 2.18. The Morgan fingerprint density at radius 3 is 2.12 bits per heavy atom. The lowest BCUT2D eigenvalue weighted by Crippen LogP contribution is -2.27. The zero-order valence-corrected chi connectivity index (χ0v) is 11.3. The molecule has 1 atom stereocenters. The molecule has 1 rings (SSSR count). The van der Waals surface area contributed by atoms with Gasteiger partial charge in [0.25, 0.3) is 0 Å². The molecule has 0 fully saturated rings.